The second-order valence-corrected chi connectivity index (χ2v) is 5.55. The van der Waals surface area contributed by atoms with Gasteiger partial charge in [-0.25, -0.2) is 0 Å². The Bertz CT molecular complexity index is 378. The van der Waals surface area contributed by atoms with Crippen molar-refractivity contribution < 1.29 is 0 Å². The Balaban J connectivity index is 1.77. The molecule has 2 rings (SSSR count). The Morgan fingerprint density at radius 2 is 2.12 bits per heavy atom. The van der Waals surface area contributed by atoms with E-state index in [-0.39, 0.29) is 0 Å². The Morgan fingerprint density at radius 3 is 2.76 bits per heavy atom. The number of halogens is 2. The first kappa shape index (κ1) is 13.2. The minimum atomic E-state index is 0.691. The molecule has 1 fully saturated rings. The first-order valence-electron chi connectivity index (χ1n) is 6.01. The number of nitrogens with zero attached hydrogens (tertiary/aromatic N) is 1. The molecule has 1 saturated carbocycles. The maximum atomic E-state index is 6.14. The van der Waals surface area contributed by atoms with Crippen LogP contribution in [0.25, 0.3) is 0 Å². The van der Waals surface area contributed by atoms with Gasteiger partial charge >= 0.3 is 0 Å². The summed E-state index contributed by atoms with van der Waals surface area (Å²) in [5.41, 5.74) is 1.13. The monoisotopic (exact) mass is 272 g/mol. The van der Waals surface area contributed by atoms with E-state index < -0.39 is 0 Å². The van der Waals surface area contributed by atoms with E-state index in [0.717, 1.165) is 36.3 Å². The van der Waals surface area contributed by atoms with E-state index in [9.17, 15) is 0 Å². The molecule has 0 atom stereocenters. The van der Waals surface area contributed by atoms with Crippen molar-refractivity contribution in [1.29, 1.82) is 0 Å². The minimum absolute atomic E-state index is 0.691. The lowest BCUT2D eigenvalue weighted by atomic mass is 10.2. The third-order valence-corrected chi connectivity index (χ3v) is 3.55. The summed E-state index contributed by atoms with van der Waals surface area (Å²) < 4.78 is 0. The number of hydrogen-bond acceptors (Lipinski definition) is 2. The van der Waals surface area contributed by atoms with Crippen LogP contribution >= 0.6 is 23.2 Å². The largest absolute Gasteiger partial charge is 0.313 e. The average Bonchev–Trinajstić information content (AvgIpc) is 3.06. The summed E-state index contributed by atoms with van der Waals surface area (Å²) in [5.74, 6) is 0. The van der Waals surface area contributed by atoms with Crippen molar-refractivity contribution in [3.8, 4) is 0 Å². The van der Waals surface area contributed by atoms with Gasteiger partial charge in [0.2, 0.25) is 0 Å². The molecule has 0 amide bonds. The fourth-order valence-electron chi connectivity index (χ4n) is 1.77. The average molecular weight is 273 g/mol. The molecule has 0 saturated heterocycles. The molecule has 0 spiro atoms. The zero-order chi connectivity index (χ0) is 12.3. The van der Waals surface area contributed by atoms with E-state index in [2.05, 4.69) is 17.3 Å². The van der Waals surface area contributed by atoms with Gasteiger partial charge in [0.1, 0.15) is 0 Å². The molecular formula is C13H18Cl2N2. The molecule has 1 N–H and O–H groups in total. The smallest absolute Gasteiger partial charge is 0.0465 e. The van der Waals surface area contributed by atoms with Crippen LogP contribution in [0.5, 0.6) is 0 Å². The Hall–Kier alpha value is -0.280. The van der Waals surface area contributed by atoms with Gasteiger partial charge in [-0.15, -0.1) is 0 Å². The first-order valence-corrected chi connectivity index (χ1v) is 6.76. The maximum absolute atomic E-state index is 6.14. The molecule has 4 heteroatoms. The van der Waals surface area contributed by atoms with Crippen molar-refractivity contribution in [3.63, 3.8) is 0 Å². The van der Waals surface area contributed by atoms with Crippen LogP contribution in [0.15, 0.2) is 18.2 Å². The molecule has 0 heterocycles. The van der Waals surface area contributed by atoms with Crippen LogP contribution in [0.2, 0.25) is 10.0 Å². The van der Waals surface area contributed by atoms with Crippen LogP contribution in [0.3, 0.4) is 0 Å². The number of rotatable bonds is 6. The fourth-order valence-corrected chi connectivity index (χ4v) is 2.24. The third kappa shape index (κ3) is 4.47. The molecular weight excluding hydrogens is 255 g/mol. The number of likely N-dealkylation sites (N-methyl/N-ethyl adjacent to an activating group) is 1. The molecule has 1 aliphatic carbocycles. The van der Waals surface area contributed by atoms with E-state index in [4.69, 9.17) is 23.2 Å². The molecule has 1 aliphatic rings. The summed E-state index contributed by atoms with van der Waals surface area (Å²) in [4.78, 5) is 2.27. The fraction of sp³-hybridized carbons (Fsp3) is 0.538. The zero-order valence-electron chi connectivity index (χ0n) is 10.0. The topological polar surface area (TPSA) is 15.3 Å². The van der Waals surface area contributed by atoms with Gasteiger partial charge in [-0.05, 0) is 37.6 Å². The Morgan fingerprint density at radius 1 is 1.35 bits per heavy atom. The molecule has 0 radical (unpaired) electrons. The van der Waals surface area contributed by atoms with Crippen LogP contribution in [0.4, 0.5) is 0 Å². The molecule has 0 unspecified atom stereocenters. The molecule has 0 bridgehead atoms. The SMILES string of the molecule is CN(CCNC1CC1)Cc1ccc(Cl)cc1Cl. The van der Waals surface area contributed by atoms with E-state index >= 15 is 0 Å². The van der Waals surface area contributed by atoms with Gasteiger partial charge in [-0.2, -0.15) is 0 Å². The van der Waals surface area contributed by atoms with Crippen molar-refractivity contribution >= 4 is 23.2 Å². The minimum Gasteiger partial charge on any atom is -0.313 e. The molecule has 0 aliphatic heterocycles. The summed E-state index contributed by atoms with van der Waals surface area (Å²) >= 11 is 12.0. The Kier molecular flexibility index (Phi) is 4.69. The van der Waals surface area contributed by atoms with E-state index in [1.807, 2.05) is 12.1 Å². The van der Waals surface area contributed by atoms with Gasteiger partial charge in [0.05, 0.1) is 0 Å². The first-order chi connectivity index (χ1) is 8.15. The molecule has 2 nitrogen and oxygen atoms in total. The molecule has 17 heavy (non-hydrogen) atoms. The van der Waals surface area contributed by atoms with Crippen LogP contribution in [-0.2, 0) is 6.54 Å². The van der Waals surface area contributed by atoms with Crippen LogP contribution in [-0.4, -0.2) is 31.1 Å². The summed E-state index contributed by atoms with van der Waals surface area (Å²) in [5, 5.41) is 4.94. The van der Waals surface area contributed by atoms with Crippen LogP contribution < -0.4 is 5.32 Å². The van der Waals surface area contributed by atoms with Crippen molar-refractivity contribution in [1.82, 2.24) is 10.2 Å². The van der Waals surface area contributed by atoms with E-state index in [1.54, 1.807) is 6.07 Å². The van der Waals surface area contributed by atoms with E-state index in [0.29, 0.717) is 5.02 Å². The predicted octanol–water partition coefficient (Wildman–Crippen LogP) is 3.18. The molecule has 1 aromatic carbocycles. The van der Waals surface area contributed by atoms with Gasteiger partial charge in [0.25, 0.3) is 0 Å². The summed E-state index contributed by atoms with van der Waals surface area (Å²) in [6.45, 7) is 2.95. The van der Waals surface area contributed by atoms with Crippen molar-refractivity contribution in [3.05, 3.63) is 33.8 Å². The third-order valence-electron chi connectivity index (χ3n) is 2.96. The van der Waals surface area contributed by atoms with Crippen molar-refractivity contribution in [2.45, 2.75) is 25.4 Å². The highest BCUT2D eigenvalue weighted by atomic mass is 35.5. The van der Waals surface area contributed by atoms with Crippen molar-refractivity contribution in [2.24, 2.45) is 0 Å². The summed E-state index contributed by atoms with van der Waals surface area (Å²) in [7, 11) is 2.11. The standard InChI is InChI=1S/C13H18Cl2N2/c1-17(7-6-16-12-4-5-12)9-10-2-3-11(14)8-13(10)15/h2-3,8,12,16H,4-7,9H2,1H3. The van der Waals surface area contributed by atoms with Gasteiger partial charge in [0.15, 0.2) is 0 Å². The quantitative estimate of drug-likeness (QED) is 0.856. The number of benzene rings is 1. The number of hydrogen-bond donors (Lipinski definition) is 1. The lowest BCUT2D eigenvalue weighted by Crippen LogP contribution is -2.30. The normalized spacial score (nSPS) is 15.5. The van der Waals surface area contributed by atoms with Crippen LogP contribution in [0, 0.1) is 0 Å². The van der Waals surface area contributed by atoms with Gasteiger partial charge in [0, 0.05) is 35.7 Å². The maximum Gasteiger partial charge on any atom is 0.0465 e. The van der Waals surface area contributed by atoms with Gasteiger partial charge in [-0.3, -0.25) is 0 Å². The second-order valence-electron chi connectivity index (χ2n) is 4.70. The van der Waals surface area contributed by atoms with Crippen molar-refractivity contribution in [2.75, 3.05) is 20.1 Å². The molecule has 1 aromatic rings. The van der Waals surface area contributed by atoms with Gasteiger partial charge < -0.3 is 10.2 Å². The lowest BCUT2D eigenvalue weighted by molar-refractivity contribution is 0.324. The van der Waals surface area contributed by atoms with Gasteiger partial charge in [-0.1, -0.05) is 29.3 Å². The summed E-state index contributed by atoms with van der Waals surface area (Å²) in [6.07, 6.45) is 2.68. The van der Waals surface area contributed by atoms with E-state index in [1.165, 1.54) is 12.8 Å². The highest BCUT2D eigenvalue weighted by Crippen LogP contribution is 2.22. The second kappa shape index (κ2) is 6.05. The lowest BCUT2D eigenvalue weighted by Gasteiger charge is -2.17. The van der Waals surface area contributed by atoms with Crippen LogP contribution in [0.1, 0.15) is 18.4 Å². The summed E-state index contributed by atoms with van der Waals surface area (Å²) in [6, 6.07) is 6.46. The molecule has 94 valence electrons. The Labute approximate surface area is 113 Å². The predicted molar refractivity (Wildman–Crippen MR) is 73.8 cm³/mol. The number of nitrogens with one attached hydrogen (secondary N) is 1. The molecule has 0 aromatic heterocycles. The highest BCUT2D eigenvalue weighted by Gasteiger charge is 2.19. The highest BCUT2D eigenvalue weighted by molar-refractivity contribution is 6.35. The zero-order valence-corrected chi connectivity index (χ0v) is 11.6.